The maximum absolute atomic E-state index is 12.7. The molecular weight excluding hydrogens is 338 g/mol. The Labute approximate surface area is 162 Å². The van der Waals surface area contributed by atoms with E-state index in [9.17, 15) is 4.79 Å². The molecule has 1 saturated carbocycles. The van der Waals surface area contributed by atoms with E-state index in [1.165, 1.54) is 0 Å². The molecular formula is C23H29NO3. The van der Waals surface area contributed by atoms with Crippen LogP contribution in [0.5, 0.6) is 11.5 Å². The summed E-state index contributed by atoms with van der Waals surface area (Å²) < 4.78 is 11.5. The second-order valence-corrected chi connectivity index (χ2v) is 7.26. The molecule has 0 N–H and O–H groups in total. The first-order chi connectivity index (χ1) is 13.1. The van der Waals surface area contributed by atoms with Gasteiger partial charge in [0.25, 0.3) is 0 Å². The van der Waals surface area contributed by atoms with Crippen molar-refractivity contribution >= 4 is 5.91 Å². The van der Waals surface area contributed by atoms with Gasteiger partial charge in [-0.25, -0.2) is 0 Å². The lowest BCUT2D eigenvalue weighted by atomic mass is 10.1. The normalized spacial score (nSPS) is 14.5. The zero-order chi connectivity index (χ0) is 19.2. The maximum Gasteiger partial charge on any atom is 0.226 e. The molecule has 1 amide bonds. The summed E-state index contributed by atoms with van der Waals surface area (Å²) in [5.74, 6) is 1.93. The van der Waals surface area contributed by atoms with E-state index in [0.717, 1.165) is 30.4 Å². The predicted octanol–water partition coefficient (Wildman–Crippen LogP) is 4.81. The molecule has 0 spiro atoms. The average Bonchev–Trinajstić information content (AvgIpc) is 3.56. The molecule has 0 heterocycles. The average molecular weight is 367 g/mol. The number of rotatable bonds is 9. The van der Waals surface area contributed by atoms with Gasteiger partial charge in [0.1, 0.15) is 6.61 Å². The highest BCUT2D eigenvalue weighted by Gasteiger charge is 2.34. The summed E-state index contributed by atoms with van der Waals surface area (Å²) in [5.41, 5.74) is 2.18. The molecule has 1 aliphatic rings. The first-order valence-corrected chi connectivity index (χ1v) is 9.76. The van der Waals surface area contributed by atoms with E-state index in [-0.39, 0.29) is 17.9 Å². The van der Waals surface area contributed by atoms with E-state index in [1.54, 1.807) is 7.11 Å². The van der Waals surface area contributed by atoms with Gasteiger partial charge in [0, 0.05) is 18.5 Å². The lowest BCUT2D eigenvalue weighted by Crippen LogP contribution is -2.38. The number of methoxy groups -OCH3 is 1. The summed E-state index contributed by atoms with van der Waals surface area (Å²) >= 11 is 0. The van der Waals surface area contributed by atoms with Gasteiger partial charge in [0.05, 0.1) is 7.11 Å². The fourth-order valence-electron chi connectivity index (χ4n) is 3.10. The van der Waals surface area contributed by atoms with E-state index in [1.807, 2.05) is 53.4 Å². The highest BCUT2D eigenvalue weighted by atomic mass is 16.5. The number of ether oxygens (including phenoxy) is 2. The molecule has 0 aromatic heterocycles. The quantitative estimate of drug-likeness (QED) is 0.638. The molecule has 0 aliphatic heterocycles. The number of hydrogen-bond acceptors (Lipinski definition) is 3. The van der Waals surface area contributed by atoms with Crippen molar-refractivity contribution < 1.29 is 14.3 Å². The van der Waals surface area contributed by atoms with E-state index < -0.39 is 0 Å². The third-order valence-electron chi connectivity index (χ3n) is 5.15. The fourth-order valence-corrected chi connectivity index (χ4v) is 3.10. The van der Waals surface area contributed by atoms with Crippen LogP contribution < -0.4 is 9.47 Å². The molecule has 0 radical (unpaired) electrons. The topological polar surface area (TPSA) is 38.8 Å². The Morgan fingerprint density at radius 1 is 1.11 bits per heavy atom. The second-order valence-electron chi connectivity index (χ2n) is 7.26. The van der Waals surface area contributed by atoms with Crippen molar-refractivity contribution in [2.45, 2.75) is 52.3 Å². The van der Waals surface area contributed by atoms with Crippen molar-refractivity contribution in [1.29, 1.82) is 0 Å². The predicted molar refractivity (Wildman–Crippen MR) is 107 cm³/mol. The van der Waals surface area contributed by atoms with Gasteiger partial charge in [-0.1, -0.05) is 43.3 Å². The third kappa shape index (κ3) is 5.03. The molecule has 4 nitrogen and oxygen atoms in total. The number of amides is 1. The third-order valence-corrected chi connectivity index (χ3v) is 5.15. The Kier molecular flexibility index (Phi) is 6.38. The summed E-state index contributed by atoms with van der Waals surface area (Å²) in [6.45, 7) is 5.35. The molecule has 3 rings (SSSR count). The minimum absolute atomic E-state index is 0.231. The van der Waals surface area contributed by atoms with Crippen LogP contribution in [-0.2, 0) is 17.9 Å². The van der Waals surface area contributed by atoms with E-state index >= 15 is 0 Å². The molecule has 0 saturated heterocycles. The van der Waals surface area contributed by atoms with Crippen LogP contribution in [0.25, 0.3) is 0 Å². The first-order valence-electron chi connectivity index (χ1n) is 9.76. The lowest BCUT2D eigenvalue weighted by Gasteiger charge is -2.29. The van der Waals surface area contributed by atoms with Gasteiger partial charge in [0.15, 0.2) is 11.5 Å². The number of hydrogen-bond donors (Lipinski definition) is 0. The number of nitrogens with zero attached hydrogens (tertiary/aromatic N) is 1. The minimum atomic E-state index is 0.231. The largest absolute Gasteiger partial charge is 0.493 e. The van der Waals surface area contributed by atoms with Crippen molar-refractivity contribution in [1.82, 2.24) is 4.90 Å². The van der Waals surface area contributed by atoms with Crippen LogP contribution in [0.4, 0.5) is 0 Å². The van der Waals surface area contributed by atoms with E-state index in [0.29, 0.717) is 24.7 Å². The van der Waals surface area contributed by atoms with Crippen LogP contribution in [-0.4, -0.2) is 24.0 Å². The fraction of sp³-hybridized carbons (Fsp3) is 0.435. The summed E-state index contributed by atoms with van der Waals surface area (Å²) in [6, 6.07) is 16.2. The SMILES string of the molecule is CCC(C)N(Cc1ccc(OCc2ccccc2)c(OC)c1)C(=O)C1CC1. The van der Waals surface area contributed by atoms with Crippen LogP contribution in [0.15, 0.2) is 48.5 Å². The molecule has 0 bridgehead atoms. The highest BCUT2D eigenvalue weighted by Crippen LogP contribution is 2.34. The van der Waals surface area contributed by atoms with Gasteiger partial charge in [-0.3, -0.25) is 4.79 Å². The van der Waals surface area contributed by atoms with Crippen LogP contribution in [0.1, 0.15) is 44.2 Å². The van der Waals surface area contributed by atoms with Crippen LogP contribution >= 0.6 is 0 Å². The summed E-state index contributed by atoms with van der Waals surface area (Å²) in [4.78, 5) is 14.7. The Hall–Kier alpha value is -2.49. The van der Waals surface area contributed by atoms with Crippen LogP contribution in [0.2, 0.25) is 0 Å². The second kappa shape index (κ2) is 8.94. The number of carbonyl (C=O) groups excluding carboxylic acids is 1. The monoisotopic (exact) mass is 367 g/mol. The zero-order valence-corrected chi connectivity index (χ0v) is 16.5. The van der Waals surface area contributed by atoms with Gasteiger partial charge in [-0.2, -0.15) is 0 Å². The number of carbonyl (C=O) groups is 1. The summed E-state index contributed by atoms with van der Waals surface area (Å²) in [7, 11) is 1.65. The Bertz CT molecular complexity index is 755. The molecule has 4 heteroatoms. The summed E-state index contributed by atoms with van der Waals surface area (Å²) in [6.07, 6.45) is 3.01. The molecule has 1 aliphatic carbocycles. The van der Waals surface area contributed by atoms with Gasteiger partial charge in [-0.05, 0) is 49.4 Å². The van der Waals surface area contributed by atoms with Crippen LogP contribution in [0, 0.1) is 5.92 Å². The zero-order valence-electron chi connectivity index (χ0n) is 16.5. The lowest BCUT2D eigenvalue weighted by molar-refractivity contribution is -0.135. The van der Waals surface area contributed by atoms with Gasteiger partial charge in [-0.15, -0.1) is 0 Å². The van der Waals surface area contributed by atoms with E-state index in [4.69, 9.17) is 9.47 Å². The molecule has 1 fully saturated rings. The van der Waals surface area contributed by atoms with Gasteiger partial charge < -0.3 is 14.4 Å². The van der Waals surface area contributed by atoms with Crippen molar-refractivity contribution in [2.24, 2.45) is 5.92 Å². The smallest absolute Gasteiger partial charge is 0.226 e. The molecule has 27 heavy (non-hydrogen) atoms. The highest BCUT2D eigenvalue weighted by molar-refractivity contribution is 5.81. The Balaban J connectivity index is 1.71. The maximum atomic E-state index is 12.7. The Morgan fingerprint density at radius 2 is 1.85 bits per heavy atom. The molecule has 2 aromatic rings. The van der Waals surface area contributed by atoms with Crippen molar-refractivity contribution in [2.75, 3.05) is 7.11 Å². The van der Waals surface area contributed by atoms with Crippen molar-refractivity contribution in [3.63, 3.8) is 0 Å². The first kappa shape index (κ1) is 19.3. The molecule has 1 unspecified atom stereocenters. The van der Waals surface area contributed by atoms with E-state index in [2.05, 4.69) is 13.8 Å². The Morgan fingerprint density at radius 3 is 2.48 bits per heavy atom. The summed E-state index contributed by atoms with van der Waals surface area (Å²) in [5, 5.41) is 0. The van der Waals surface area contributed by atoms with Crippen molar-refractivity contribution in [3.8, 4) is 11.5 Å². The number of benzene rings is 2. The van der Waals surface area contributed by atoms with Crippen LogP contribution in [0.3, 0.4) is 0 Å². The van der Waals surface area contributed by atoms with Gasteiger partial charge in [0.2, 0.25) is 5.91 Å². The van der Waals surface area contributed by atoms with Crippen molar-refractivity contribution in [3.05, 3.63) is 59.7 Å². The molecule has 2 aromatic carbocycles. The standard InChI is InChI=1S/C23H29NO3/c1-4-17(2)24(23(25)20-11-12-20)15-19-10-13-21(22(14-19)26-3)27-16-18-8-6-5-7-9-18/h5-10,13-14,17,20H,4,11-12,15-16H2,1-3H3. The molecule has 144 valence electrons. The van der Waals surface area contributed by atoms with Gasteiger partial charge >= 0.3 is 0 Å². The minimum Gasteiger partial charge on any atom is -0.493 e. The molecule has 1 atom stereocenters.